The van der Waals surface area contributed by atoms with E-state index in [1.807, 2.05) is 36.4 Å². The van der Waals surface area contributed by atoms with Crippen LogP contribution in [0.25, 0.3) is 10.8 Å². The molecule has 0 aliphatic rings. The van der Waals surface area contributed by atoms with Crippen LogP contribution in [0.15, 0.2) is 79.0 Å². The lowest BCUT2D eigenvalue weighted by Gasteiger charge is -2.12. The maximum absolute atomic E-state index is 13.0. The molecule has 0 spiro atoms. The van der Waals surface area contributed by atoms with Crippen molar-refractivity contribution < 1.29 is 19.1 Å². The molecule has 4 aromatic rings. The van der Waals surface area contributed by atoms with E-state index in [1.165, 1.54) is 6.20 Å². The van der Waals surface area contributed by atoms with E-state index in [2.05, 4.69) is 15.6 Å². The maximum Gasteiger partial charge on any atom is 0.269 e. The Morgan fingerprint density at radius 1 is 0.875 bits per heavy atom. The lowest BCUT2D eigenvalue weighted by atomic mass is 10.0. The van der Waals surface area contributed by atoms with Crippen LogP contribution in [0.5, 0.6) is 17.2 Å². The fraction of sp³-hybridized carbons (Fsp3) is 0.0800. The molecule has 160 valence electrons. The van der Waals surface area contributed by atoms with Gasteiger partial charge >= 0.3 is 0 Å². The van der Waals surface area contributed by atoms with E-state index in [0.717, 1.165) is 10.8 Å². The molecule has 0 saturated heterocycles. The molecule has 0 unspecified atom stereocenters. The van der Waals surface area contributed by atoms with E-state index >= 15 is 0 Å². The average Bonchev–Trinajstić information content (AvgIpc) is 2.83. The number of anilines is 1. The highest BCUT2D eigenvalue weighted by Crippen LogP contribution is 2.29. The van der Waals surface area contributed by atoms with Crippen LogP contribution in [0.1, 0.15) is 20.8 Å². The molecule has 0 radical (unpaired) electrons. The van der Waals surface area contributed by atoms with Gasteiger partial charge in [0.05, 0.1) is 12.8 Å². The second-order valence-electron chi connectivity index (χ2n) is 6.90. The fourth-order valence-electron chi connectivity index (χ4n) is 3.32. The third kappa shape index (κ3) is 4.37. The van der Waals surface area contributed by atoms with Gasteiger partial charge in [-0.3, -0.25) is 14.6 Å². The van der Waals surface area contributed by atoms with Crippen molar-refractivity contribution in [3.05, 3.63) is 90.3 Å². The highest BCUT2D eigenvalue weighted by Gasteiger charge is 2.13. The lowest BCUT2D eigenvalue weighted by Crippen LogP contribution is -2.18. The first-order valence-electron chi connectivity index (χ1n) is 9.92. The summed E-state index contributed by atoms with van der Waals surface area (Å²) in [6, 6.07) is 21.4. The first kappa shape index (κ1) is 20.9. The molecule has 7 nitrogen and oxygen atoms in total. The summed E-state index contributed by atoms with van der Waals surface area (Å²) in [5.41, 5.74) is 1.40. The summed E-state index contributed by atoms with van der Waals surface area (Å²) in [5, 5.41) is 7.07. The summed E-state index contributed by atoms with van der Waals surface area (Å²) in [7, 11) is 3.10. The molecule has 0 bridgehead atoms. The Bertz CT molecular complexity index is 1300. The Hall–Kier alpha value is -4.39. The van der Waals surface area contributed by atoms with Gasteiger partial charge in [-0.1, -0.05) is 24.3 Å². The number of hydrogen-bond donors (Lipinski definition) is 2. The Kier molecular flexibility index (Phi) is 5.98. The minimum Gasteiger partial charge on any atom is -0.495 e. The first-order valence-corrected chi connectivity index (χ1v) is 9.92. The molecule has 0 atom stereocenters. The van der Waals surface area contributed by atoms with Crippen molar-refractivity contribution in [2.45, 2.75) is 0 Å². The van der Waals surface area contributed by atoms with Gasteiger partial charge in [0.2, 0.25) is 0 Å². The van der Waals surface area contributed by atoms with E-state index in [9.17, 15) is 9.59 Å². The van der Waals surface area contributed by atoms with Gasteiger partial charge in [0.1, 0.15) is 22.9 Å². The number of methoxy groups -OCH3 is 1. The van der Waals surface area contributed by atoms with Gasteiger partial charge < -0.3 is 20.1 Å². The fourth-order valence-corrected chi connectivity index (χ4v) is 3.32. The smallest absolute Gasteiger partial charge is 0.269 e. The molecule has 7 heteroatoms. The standard InChI is InChI=1S/C25H21N3O4/c1-26-25(30)22-15-18(12-13-27-22)32-17-10-11-19-16(14-17)6-5-7-20(19)24(29)28-21-8-3-4-9-23(21)31-2/h3-15H,1-2H3,(H,26,30)(H,28,29). The van der Waals surface area contributed by atoms with E-state index in [1.54, 1.807) is 50.6 Å². The predicted octanol–water partition coefficient (Wildman–Crippen LogP) is 4.65. The number of amides is 2. The summed E-state index contributed by atoms with van der Waals surface area (Å²) in [5.74, 6) is 1.12. The minimum atomic E-state index is -0.292. The van der Waals surface area contributed by atoms with Gasteiger partial charge in [-0.05, 0) is 53.2 Å². The van der Waals surface area contributed by atoms with E-state index < -0.39 is 0 Å². The molecule has 1 heterocycles. The van der Waals surface area contributed by atoms with Gasteiger partial charge in [-0.25, -0.2) is 0 Å². The number of ether oxygens (including phenoxy) is 2. The largest absolute Gasteiger partial charge is 0.495 e. The zero-order chi connectivity index (χ0) is 22.5. The number of aromatic nitrogens is 1. The second-order valence-corrected chi connectivity index (χ2v) is 6.90. The molecule has 3 aromatic carbocycles. The number of carbonyl (C=O) groups is 2. The summed E-state index contributed by atoms with van der Waals surface area (Å²) in [6.45, 7) is 0. The number of nitrogens with zero attached hydrogens (tertiary/aromatic N) is 1. The number of benzene rings is 3. The summed E-state index contributed by atoms with van der Waals surface area (Å²) in [4.78, 5) is 28.8. The van der Waals surface area contributed by atoms with Crippen LogP contribution in [-0.4, -0.2) is 31.0 Å². The number of para-hydroxylation sites is 2. The molecule has 0 fully saturated rings. The van der Waals surface area contributed by atoms with Crippen molar-refractivity contribution in [2.24, 2.45) is 0 Å². The van der Waals surface area contributed by atoms with Crippen LogP contribution in [0.4, 0.5) is 5.69 Å². The van der Waals surface area contributed by atoms with Gasteiger partial charge in [0.25, 0.3) is 11.8 Å². The molecule has 2 N–H and O–H groups in total. The van der Waals surface area contributed by atoms with Crippen molar-refractivity contribution in [3.63, 3.8) is 0 Å². The zero-order valence-electron chi connectivity index (χ0n) is 17.6. The molecule has 2 amide bonds. The molecule has 4 rings (SSSR count). The van der Waals surface area contributed by atoms with Crippen molar-refractivity contribution in [3.8, 4) is 17.2 Å². The molecular formula is C25H21N3O4. The number of fused-ring (bicyclic) bond motifs is 1. The quantitative estimate of drug-likeness (QED) is 0.468. The Morgan fingerprint density at radius 2 is 1.69 bits per heavy atom. The van der Waals surface area contributed by atoms with Gasteiger partial charge in [0.15, 0.2) is 0 Å². The number of hydrogen-bond acceptors (Lipinski definition) is 5. The summed E-state index contributed by atoms with van der Waals surface area (Å²) in [6.07, 6.45) is 1.52. The average molecular weight is 427 g/mol. The molecule has 0 saturated carbocycles. The van der Waals surface area contributed by atoms with Crippen LogP contribution < -0.4 is 20.1 Å². The highest BCUT2D eigenvalue weighted by molar-refractivity contribution is 6.13. The van der Waals surface area contributed by atoms with Gasteiger partial charge in [-0.2, -0.15) is 0 Å². The van der Waals surface area contributed by atoms with Crippen LogP contribution in [0.2, 0.25) is 0 Å². The van der Waals surface area contributed by atoms with Gasteiger partial charge in [-0.15, -0.1) is 0 Å². The number of pyridine rings is 1. The van der Waals surface area contributed by atoms with Crippen LogP contribution >= 0.6 is 0 Å². The van der Waals surface area contributed by atoms with Crippen molar-refractivity contribution in [2.75, 3.05) is 19.5 Å². The monoisotopic (exact) mass is 427 g/mol. The SMILES string of the molecule is CNC(=O)c1cc(Oc2ccc3c(C(=O)Nc4ccccc4OC)cccc3c2)ccn1. The van der Waals surface area contributed by atoms with E-state index in [-0.39, 0.29) is 17.5 Å². The zero-order valence-corrected chi connectivity index (χ0v) is 17.6. The molecular weight excluding hydrogens is 406 g/mol. The molecule has 0 aliphatic carbocycles. The predicted molar refractivity (Wildman–Crippen MR) is 123 cm³/mol. The highest BCUT2D eigenvalue weighted by atomic mass is 16.5. The van der Waals surface area contributed by atoms with Crippen LogP contribution in [-0.2, 0) is 0 Å². The Labute approximate surface area is 185 Å². The van der Waals surface area contributed by atoms with Crippen LogP contribution in [0.3, 0.4) is 0 Å². The minimum absolute atomic E-state index is 0.238. The Balaban J connectivity index is 1.60. The third-order valence-corrected chi connectivity index (χ3v) is 4.88. The normalized spacial score (nSPS) is 10.4. The molecule has 32 heavy (non-hydrogen) atoms. The third-order valence-electron chi connectivity index (χ3n) is 4.88. The maximum atomic E-state index is 13.0. The number of nitrogens with one attached hydrogen (secondary N) is 2. The number of rotatable bonds is 6. The van der Waals surface area contributed by atoms with E-state index in [0.29, 0.717) is 28.5 Å². The van der Waals surface area contributed by atoms with Crippen molar-refractivity contribution in [1.82, 2.24) is 10.3 Å². The first-order chi connectivity index (χ1) is 15.6. The lowest BCUT2D eigenvalue weighted by molar-refractivity contribution is 0.0957. The van der Waals surface area contributed by atoms with Gasteiger partial charge in [0, 0.05) is 24.9 Å². The Morgan fingerprint density at radius 3 is 2.50 bits per heavy atom. The van der Waals surface area contributed by atoms with E-state index in [4.69, 9.17) is 9.47 Å². The number of carbonyl (C=O) groups excluding carboxylic acids is 2. The van der Waals surface area contributed by atoms with Crippen LogP contribution in [0, 0.1) is 0 Å². The molecule has 0 aliphatic heterocycles. The summed E-state index contributed by atoms with van der Waals surface area (Å²) >= 11 is 0. The van der Waals surface area contributed by atoms with Crippen molar-refractivity contribution >= 4 is 28.3 Å². The topological polar surface area (TPSA) is 89.5 Å². The molecule has 1 aromatic heterocycles. The van der Waals surface area contributed by atoms with Crippen molar-refractivity contribution in [1.29, 1.82) is 0 Å². The summed E-state index contributed by atoms with van der Waals surface area (Å²) < 4.78 is 11.2. The second kappa shape index (κ2) is 9.18.